The van der Waals surface area contributed by atoms with Gasteiger partial charge in [0.05, 0.1) is 0 Å². The standard InChI is InChI=1S/C20H7BF10/c1-2-7-3-5-8(6-4-7)21(9-11(22)15(26)19(30)16(27)12(9)23)10-13(24)17(28)20(31)18(29)14(10)25/h2-6H,1H2. The Balaban J connectivity index is 2.49. The Bertz CT molecular complexity index is 1080. The largest absolute Gasteiger partial charge is 0.257 e. The molecule has 0 heterocycles. The maximum absolute atomic E-state index is 14.5. The molecule has 160 valence electrons. The molecule has 0 bridgehead atoms. The highest BCUT2D eigenvalue weighted by Gasteiger charge is 2.40. The zero-order valence-electron chi connectivity index (χ0n) is 15.0. The van der Waals surface area contributed by atoms with Crippen LogP contribution in [0.5, 0.6) is 0 Å². The van der Waals surface area contributed by atoms with Gasteiger partial charge in [0, 0.05) is 10.9 Å². The lowest BCUT2D eigenvalue weighted by molar-refractivity contribution is 0.382. The molecule has 0 aliphatic carbocycles. The Kier molecular flexibility index (Phi) is 5.88. The van der Waals surface area contributed by atoms with Gasteiger partial charge >= 0.3 is 0 Å². The summed E-state index contributed by atoms with van der Waals surface area (Å²) >= 11 is 0. The summed E-state index contributed by atoms with van der Waals surface area (Å²) in [6.07, 6.45) is 1.29. The Hall–Kier alpha value is -3.24. The van der Waals surface area contributed by atoms with Crippen LogP contribution in [0.2, 0.25) is 0 Å². The van der Waals surface area contributed by atoms with Gasteiger partial charge in [-0.1, -0.05) is 42.4 Å². The third-order valence-electron chi connectivity index (χ3n) is 4.57. The molecule has 0 aromatic heterocycles. The highest BCUT2D eigenvalue weighted by molar-refractivity contribution is 6.95. The highest BCUT2D eigenvalue weighted by Crippen LogP contribution is 2.21. The molecule has 11 heteroatoms. The molecule has 0 amide bonds. The minimum Gasteiger partial charge on any atom is -0.204 e. The first-order chi connectivity index (χ1) is 14.5. The van der Waals surface area contributed by atoms with Crippen LogP contribution in [0.15, 0.2) is 30.8 Å². The molecule has 0 saturated carbocycles. The van der Waals surface area contributed by atoms with Gasteiger partial charge in [0.15, 0.2) is 58.2 Å². The van der Waals surface area contributed by atoms with Gasteiger partial charge in [-0.15, -0.1) is 0 Å². The average molecular weight is 448 g/mol. The zero-order chi connectivity index (χ0) is 23.2. The van der Waals surface area contributed by atoms with E-state index in [2.05, 4.69) is 6.58 Å². The van der Waals surface area contributed by atoms with E-state index < -0.39 is 81.3 Å². The summed E-state index contributed by atoms with van der Waals surface area (Å²) < 4.78 is 140. The molecule has 0 fully saturated rings. The summed E-state index contributed by atoms with van der Waals surface area (Å²) in [4.78, 5) is 0. The molecule has 0 radical (unpaired) electrons. The number of hydrogen-bond acceptors (Lipinski definition) is 0. The van der Waals surface area contributed by atoms with Crippen molar-refractivity contribution in [2.24, 2.45) is 0 Å². The van der Waals surface area contributed by atoms with Crippen LogP contribution in [0.3, 0.4) is 0 Å². The van der Waals surface area contributed by atoms with E-state index in [0.717, 1.165) is 12.1 Å². The summed E-state index contributed by atoms with van der Waals surface area (Å²) in [5, 5.41) is 0. The zero-order valence-corrected chi connectivity index (χ0v) is 15.0. The van der Waals surface area contributed by atoms with Gasteiger partial charge in [0.2, 0.25) is 0 Å². The molecule has 3 aromatic carbocycles. The topological polar surface area (TPSA) is 0 Å². The Morgan fingerprint density at radius 3 is 1.06 bits per heavy atom. The van der Waals surface area contributed by atoms with Crippen molar-refractivity contribution < 1.29 is 43.9 Å². The molecular formula is C20H7BF10. The number of hydrogen-bond donors (Lipinski definition) is 0. The van der Waals surface area contributed by atoms with E-state index in [9.17, 15) is 43.9 Å². The van der Waals surface area contributed by atoms with Crippen molar-refractivity contribution in [1.29, 1.82) is 0 Å². The quantitative estimate of drug-likeness (QED) is 0.243. The van der Waals surface area contributed by atoms with E-state index in [0.29, 0.717) is 5.56 Å². The van der Waals surface area contributed by atoms with Gasteiger partial charge in [-0.05, 0) is 5.56 Å². The van der Waals surface area contributed by atoms with Crippen molar-refractivity contribution in [2.45, 2.75) is 0 Å². The predicted molar refractivity (Wildman–Crippen MR) is 93.7 cm³/mol. The molecular weight excluding hydrogens is 441 g/mol. The van der Waals surface area contributed by atoms with Gasteiger partial charge < -0.3 is 0 Å². The maximum Gasteiger partial charge on any atom is 0.257 e. The third kappa shape index (κ3) is 3.47. The second-order valence-electron chi connectivity index (χ2n) is 6.27. The number of halogens is 10. The van der Waals surface area contributed by atoms with Crippen LogP contribution in [-0.2, 0) is 0 Å². The van der Waals surface area contributed by atoms with Crippen molar-refractivity contribution >= 4 is 29.2 Å². The Morgan fingerprint density at radius 1 is 0.484 bits per heavy atom. The summed E-state index contributed by atoms with van der Waals surface area (Å²) in [5.41, 5.74) is -3.72. The van der Waals surface area contributed by atoms with E-state index >= 15 is 0 Å². The lowest BCUT2D eigenvalue weighted by atomic mass is 9.36. The van der Waals surface area contributed by atoms with Crippen LogP contribution in [-0.4, -0.2) is 6.71 Å². The van der Waals surface area contributed by atoms with E-state index in [1.807, 2.05) is 0 Å². The lowest BCUT2D eigenvalue weighted by Crippen LogP contribution is -2.58. The van der Waals surface area contributed by atoms with Crippen molar-refractivity contribution in [3.05, 3.63) is 94.6 Å². The summed E-state index contributed by atoms with van der Waals surface area (Å²) in [6.45, 7) is 0.846. The molecule has 31 heavy (non-hydrogen) atoms. The first-order valence-electron chi connectivity index (χ1n) is 8.27. The van der Waals surface area contributed by atoms with E-state index in [-0.39, 0.29) is 0 Å². The van der Waals surface area contributed by atoms with Gasteiger partial charge in [-0.25, -0.2) is 43.9 Å². The molecule has 0 aliphatic heterocycles. The summed E-state index contributed by atoms with van der Waals surface area (Å²) in [5.74, 6) is -24.9. The van der Waals surface area contributed by atoms with Gasteiger partial charge in [-0.3, -0.25) is 0 Å². The monoisotopic (exact) mass is 448 g/mol. The Morgan fingerprint density at radius 2 is 0.774 bits per heavy atom. The molecule has 0 aliphatic rings. The van der Waals surface area contributed by atoms with Crippen LogP contribution in [0.25, 0.3) is 6.08 Å². The first kappa shape index (κ1) is 22.5. The third-order valence-corrected chi connectivity index (χ3v) is 4.57. The molecule has 0 unspecified atom stereocenters. The lowest BCUT2D eigenvalue weighted by Gasteiger charge is -2.20. The van der Waals surface area contributed by atoms with E-state index in [1.54, 1.807) is 0 Å². The first-order valence-corrected chi connectivity index (χ1v) is 8.27. The highest BCUT2D eigenvalue weighted by atomic mass is 19.2. The molecule has 0 nitrogen and oxygen atoms in total. The molecule has 0 atom stereocenters. The normalized spacial score (nSPS) is 11.0. The minimum atomic E-state index is -2.58. The maximum atomic E-state index is 14.5. The van der Waals surface area contributed by atoms with Crippen LogP contribution in [0.4, 0.5) is 43.9 Å². The fourth-order valence-corrected chi connectivity index (χ4v) is 3.05. The van der Waals surface area contributed by atoms with Crippen molar-refractivity contribution in [2.75, 3.05) is 0 Å². The molecule has 0 saturated heterocycles. The molecule has 3 rings (SSSR count). The van der Waals surface area contributed by atoms with Gasteiger partial charge in [0.1, 0.15) is 0 Å². The average Bonchev–Trinajstić information content (AvgIpc) is 2.78. The van der Waals surface area contributed by atoms with E-state index in [4.69, 9.17) is 0 Å². The number of rotatable bonds is 4. The van der Waals surface area contributed by atoms with Crippen molar-refractivity contribution in [3.8, 4) is 0 Å². The Labute approximate surface area is 168 Å². The smallest absolute Gasteiger partial charge is 0.204 e. The fraction of sp³-hybridized carbons (Fsp3) is 0. The predicted octanol–water partition coefficient (Wildman–Crippen LogP) is 4.24. The summed E-state index contributed by atoms with van der Waals surface area (Å²) in [7, 11) is 0. The van der Waals surface area contributed by atoms with Crippen molar-refractivity contribution in [1.82, 2.24) is 0 Å². The molecule has 3 aromatic rings. The molecule has 0 spiro atoms. The van der Waals surface area contributed by atoms with Crippen LogP contribution in [0, 0.1) is 58.2 Å². The van der Waals surface area contributed by atoms with Crippen LogP contribution < -0.4 is 16.4 Å². The fourth-order valence-electron chi connectivity index (χ4n) is 3.05. The SMILES string of the molecule is C=Cc1ccc(B(c2c(F)c(F)c(F)c(F)c2F)c2c(F)c(F)c(F)c(F)c2F)cc1. The number of benzene rings is 3. The van der Waals surface area contributed by atoms with Gasteiger partial charge in [0.25, 0.3) is 6.71 Å². The second-order valence-corrected chi connectivity index (χ2v) is 6.27. The minimum absolute atomic E-state index is 0.373. The molecule has 0 N–H and O–H groups in total. The summed E-state index contributed by atoms with van der Waals surface area (Å²) in [6, 6.07) is 4.29. The second kappa shape index (κ2) is 8.12. The van der Waals surface area contributed by atoms with Crippen molar-refractivity contribution in [3.63, 3.8) is 0 Å². The van der Waals surface area contributed by atoms with E-state index in [1.165, 1.54) is 18.2 Å². The van der Waals surface area contributed by atoms with Crippen LogP contribution in [0.1, 0.15) is 5.56 Å². The van der Waals surface area contributed by atoms with Gasteiger partial charge in [-0.2, -0.15) is 0 Å². The van der Waals surface area contributed by atoms with Crippen LogP contribution >= 0.6 is 0 Å².